The zero-order chi connectivity index (χ0) is 13.8. The van der Waals surface area contributed by atoms with E-state index in [4.69, 9.17) is 0 Å². The second-order valence-electron chi connectivity index (χ2n) is 5.43. The minimum Gasteiger partial charge on any atom is -0.370 e. The summed E-state index contributed by atoms with van der Waals surface area (Å²) in [5.74, 6) is 0.811. The normalized spacial score (nSPS) is 16.4. The molecule has 1 fully saturated rings. The molecule has 3 rings (SSSR count). The van der Waals surface area contributed by atoms with Crippen molar-refractivity contribution in [3.05, 3.63) is 40.7 Å². The van der Waals surface area contributed by atoms with Crippen molar-refractivity contribution in [2.45, 2.75) is 19.3 Å². The molecule has 1 aromatic heterocycles. The summed E-state index contributed by atoms with van der Waals surface area (Å²) in [6.45, 7) is 4.31. The van der Waals surface area contributed by atoms with Crippen LogP contribution in [0.15, 0.2) is 35.1 Å². The third-order valence-electron chi connectivity index (χ3n) is 3.95. The summed E-state index contributed by atoms with van der Waals surface area (Å²) >= 11 is 0. The number of aromatic amines is 1. The van der Waals surface area contributed by atoms with E-state index in [2.05, 4.69) is 15.2 Å². The van der Waals surface area contributed by atoms with Gasteiger partial charge in [0.05, 0.1) is 0 Å². The minimum atomic E-state index is -0.0245. The fourth-order valence-electron chi connectivity index (χ4n) is 2.84. The maximum Gasteiger partial charge on any atom is 0.257 e. The quantitative estimate of drug-likeness (QED) is 0.898. The van der Waals surface area contributed by atoms with E-state index in [1.165, 1.54) is 32.4 Å². The SMILES string of the molecule is O=c1[nH]c(NCCN2CCCCC2)cc2ccccc12. The third-order valence-corrected chi connectivity index (χ3v) is 3.95. The van der Waals surface area contributed by atoms with Gasteiger partial charge in [0.2, 0.25) is 0 Å². The van der Waals surface area contributed by atoms with Crippen LogP contribution in [0.1, 0.15) is 19.3 Å². The van der Waals surface area contributed by atoms with Crippen molar-refractivity contribution in [3.63, 3.8) is 0 Å². The fourth-order valence-corrected chi connectivity index (χ4v) is 2.84. The van der Waals surface area contributed by atoms with Gasteiger partial charge in [0.25, 0.3) is 5.56 Å². The highest BCUT2D eigenvalue weighted by molar-refractivity contribution is 5.83. The van der Waals surface area contributed by atoms with Crippen molar-refractivity contribution in [2.24, 2.45) is 0 Å². The molecular formula is C16H21N3O. The van der Waals surface area contributed by atoms with Crippen LogP contribution >= 0.6 is 0 Å². The van der Waals surface area contributed by atoms with Crippen LogP contribution in [-0.2, 0) is 0 Å². The van der Waals surface area contributed by atoms with Crippen LogP contribution in [0.5, 0.6) is 0 Å². The smallest absolute Gasteiger partial charge is 0.257 e. The highest BCUT2D eigenvalue weighted by Crippen LogP contribution is 2.13. The molecule has 0 spiro atoms. The average Bonchev–Trinajstić information content (AvgIpc) is 2.48. The van der Waals surface area contributed by atoms with Gasteiger partial charge in [-0.1, -0.05) is 24.6 Å². The van der Waals surface area contributed by atoms with Gasteiger partial charge in [-0.05, 0) is 43.5 Å². The molecule has 1 saturated heterocycles. The molecule has 2 N–H and O–H groups in total. The van der Waals surface area contributed by atoms with Crippen molar-refractivity contribution in [3.8, 4) is 0 Å². The largest absolute Gasteiger partial charge is 0.370 e. The first-order valence-corrected chi connectivity index (χ1v) is 7.41. The first-order valence-electron chi connectivity index (χ1n) is 7.41. The Kier molecular flexibility index (Phi) is 4.02. The Hall–Kier alpha value is -1.81. The number of fused-ring (bicyclic) bond motifs is 1. The number of piperidine rings is 1. The van der Waals surface area contributed by atoms with E-state index < -0.39 is 0 Å². The molecule has 1 aliphatic rings. The Balaban J connectivity index is 1.64. The van der Waals surface area contributed by atoms with Crippen LogP contribution in [0.2, 0.25) is 0 Å². The maximum absolute atomic E-state index is 12.0. The summed E-state index contributed by atoms with van der Waals surface area (Å²) in [7, 11) is 0. The first kappa shape index (κ1) is 13.2. The van der Waals surface area contributed by atoms with Crippen molar-refractivity contribution in [1.82, 2.24) is 9.88 Å². The highest BCUT2D eigenvalue weighted by atomic mass is 16.1. The summed E-state index contributed by atoms with van der Waals surface area (Å²) in [6, 6.07) is 9.68. The summed E-state index contributed by atoms with van der Waals surface area (Å²) in [6.07, 6.45) is 3.99. The third kappa shape index (κ3) is 3.02. The zero-order valence-electron chi connectivity index (χ0n) is 11.7. The molecule has 2 aromatic rings. The van der Waals surface area contributed by atoms with Crippen LogP contribution in [0, 0.1) is 0 Å². The number of H-pyrrole nitrogens is 1. The topological polar surface area (TPSA) is 48.1 Å². The Labute approximate surface area is 118 Å². The Morgan fingerprint density at radius 3 is 2.80 bits per heavy atom. The van der Waals surface area contributed by atoms with E-state index in [0.29, 0.717) is 0 Å². The minimum absolute atomic E-state index is 0.0245. The van der Waals surface area contributed by atoms with Crippen molar-refractivity contribution in [1.29, 1.82) is 0 Å². The summed E-state index contributed by atoms with van der Waals surface area (Å²) in [5.41, 5.74) is -0.0245. The zero-order valence-corrected chi connectivity index (χ0v) is 11.7. The molecule has 0 amide bonds. The molecule has 4 nitrogen and oxygen atoms in total. The second kappa shape index (κ2) is 6.09. The van der Waals surface area contributed by atoms with Gasteiger partial charge in [0, 0.05) is 18.5 Å². The van der Waals surface area contributed by atoms with Gasteiger partial charge in [-0.25, -0.2) is 0 Å². The van der Waals surface area contributed by atoms with Gasteiger partial charge in [-0.15, -0.1) is 0 Å². The predicted molar refractivity (Wildman–Crippen MR) is 83.3 cm³/mol. The molecule has 0 aliphatic carbocycles. The number of pyridine rings is 1. The van der Waals surface area contributed by atoms with Gasteiger partial charge in [-0.2, -0.15) is 0 Å². The number of aromatic nitrogens is 1. The number of benzene rings is 1. The molecule has 20 heavy (non-hydrogen) atoms. The number of likely N-dealkylation sites (tertiary alicyclic amines) is 1. The molecule has 2 heterocycles. The maximum atomic E-state index is 12.0. The molecule has 4 heteroatoms. The van der Waals surface area contributed by atoms with E-state index in [1.54, 1.807) is 0 Å². The van der Waals surface area contributed by atoms with E-state index in [1.807, 2.05) is 30.3 Å². The first-order chi connectivity index (χ1) is 9.83. The number of nitrogens with zero attached hydrogens (tertiary/aromatic N) is 1. The van der Waals surface area contributed by atoms with Crippen LogP contribution in [-0.4, -0.2) is 36.1 Å². The number of hydrogen-bond acceptors (Lipinski definition) is 3. The monoisotopic (exact) mass is 271 g/mol. The highest BCUT2D eigenvalue weighted by Gasteiger charge is 2.09. The lowest BCUT2D eigenvalue weighted by molar-refractivity contribution is 0.237. The lowest BCUT2D eigenvalue weighted by Gasteiger charge is -2.26. The van der Waals surface area contributed by atoms with Crippen LogP contribution in [0.25, 0.3) is 10.8 Å². The number of anilines is 1. The fraction of sp³-hybridized carbons (Fsp3) is 0.438. The Bertz CT molecular complexity index is 629. The molecule has 106 valence electrons. The molecule has 0 saturated carbocycles. The van der Waals surface area contributed by atoms with Gasteiger partial charge in [-0.3, -0.25) is 4.79 Å². The van der Waals surface area contributed by atoms with E-state index in [0.717, 1.165) is 29.7 Å². The molecule has 1 aliphatic heterocycles. The van der Waals surface area contributed by atoms with Crippen LogP contribution in [0.4, 0.5) is 5.82 Å². The molecule has 0 radical (unpaired) electrons. The second-order valence-corrected chi connectivity index (χ2v) is 5.43. The van der Waals surface area contributed by atoms with Crippen LogP contribution in [0.3, 0.4) is 0 Å². The average molecular weight is 271 g/mol. The number of rotatable bonds is 4. The molecule has 0 bridgehead atoms. The standard InChI is InChI=1S/C16H21N3O/c20-16-14-7-3-2-6-13(14)12-15(18-16)17-8-11-19-9-4-1-5-10-19/h2-3,6-7,12H,1,4-5,8-11H2,(H2,17,18,20). The molecule has 1 aromatic carbocycles. The van der Waals surface area contributed by atoms with Crippen molar-refractivity contribution in [2.75, 3.05) is 31.5 Å². The number of hydrogen-bond donors (Lipinski definition) is 2. The van der Waals surface area contributed by atoms with E-state index >= 15 is 0 Å². The molecule has 0 atom stereocenters. The molecule has 0 unspecified atom stereocenters. The lowest BCUT2D eigenvalue weighted by atomic mass is 10.1. The van der Waals surface area contributed by atoms with Crippen molar-refractivity contribution < 1.29 is 0 Å². The van der Waals surface area contributed by atoms with E-state index in [9.17, 15) is 4.79 Å². The lowest BCUT2D eigenvalue weighted by Crippen LogP contribution is -2.33. The van der Waals surface area contributed by atoms with Gasteiger partial charge >= 0.3 is 0 Å². The van der Waals surface area contributed by atoms with Crippen molar-refractivity contribution >= 4 is 16.6 Å². The Morgan fingerprint density at radius 2 is 1.95 bits per heavy atom. The summed E-state index contributed by atoms with van der Waals surface area (Å²) in [5, 5.41) is 5.06. The predicted octanol–water partition coefficient (Wildman–Crippen LogP) is 2.43. The van der Waals surface area contributed by atoms with Gasteiger partial charge in [0.1, 0.15) is 5.82 Å². The number of nitrogens with one attached hydrogen (secondary N) is 2. The molecular weight excluding hydrogens is 250 g/mol. The summed E-state index contributed by atoms with van der Waals surface area (Å²) in [4.78, 5) is 17.3. The van der Waals surface area contributed by atoms with Crippen LogP contribution < -0.4 is 10.9 Å². The van der Waals surface area contributed by atoms with Gasteiger partial charge in [0.15, 0.2) is 0 Å². The van der Waals surface area contributed by atoms with E-state index in [-0.39, 0.29) is 5.56 Å². The Morgan fingerprint density at radius 1 is 1.15 bits per heavy atom. The van der Waals surface area contributed by atoms with Gasteiger partial charge < -0.3 is 15.2 Å². The summed E-state index contributed by atoms with van der Waals surface area (Å²) < 4.78 is 0.